The van der Waals surface area contributed by atoms with Gasteiger partial charge in [-0.25, -0.2) is 27.8 Å². The molecule has 0 saturated heterocycles. The smallest absolute Gasteiger partial charge is 0.237 e. The van der Waals surface area contributed by atoms with E-state index < -0.39 is 22.8 Å². The van der Waals surface area contributed by atoms with Crippen molar-refractivity contribution < 1.29 is 18.0 Å². The number of nitrogens with one attached hydrogen (secondary N) is 1. The molecule has 0 bridgehead atoms. The van der Waals surface area contributed by atoms with Crippen LogP contribution in [-0.2, 0) is 4.79 Å². The molecule has 2 aromatic carbocycles. The van der Waals surface area contributed by atoms with Gasteiger partial charge in [0.15, 0.2) is 5.65 Å². The van der Waals surface area contributed by atoms with Gasteiger partial charge in [0.1, 0.15) is 28.8 Å². The Balaban J connectivity index is 1.56. The van der Waals surface area contributed by atoms with Gasteiger partial charge in [-0.2, -0.15) is 5.10 Å². The summed E-state index contributed by atoms with van der Waals surface area (Å²) in [6, 6.07) is 8.71. The summed E-state index contributed by atoms with van der Waals surface area (Å²) in [5, 5.41) is 7.21. The fourth-order valence-electron chi connectivity index (χ4n) is 2.73. The number of fused-ring (bicyclic) bond motifs is 1. The lowest BCUT2D eigenvalue weighted by molar-refractivity contribution is -0.115. The Labute approximate surface area is 173 Å². The van der Waals surface area contributed by atoms with E-state index in [2.05, 4.69) is 20.4 Å². The second kappa shape index (κ2) is 8.15. The highest BCUT2D eigenvalue weighted by molar-refractivity contribution is 8.00. The fraction of sp³-hybridized carbons (Fsp3) is 0.100. The first-order valence-electron chi connectivity index (χ1n) is 8.79. The number of carbonyl (C=O) groups is 1. The third-order valence-corrected chi connectivity index (χ3v) is 5.36. The van der Waals surface area contributed by atoms with Crippen LogP contribution in [0.25, 0.3) is 16.7 Å². The highest BCUT2D eigenvalue weighted by atomic mass is 32.2. The Morgan fingerprint density at radius 1 is 1.07 bits per heavy atom. The molecule has 4 rings (SSSR count). The van der Waals surface area contributed by atoms with Crippen LogP contribution in [0.2, 0.25) is 0 Å². The maximum Gasteiger partial charge on any atom is 0.237 e. The molecular weight excluding hydrogens is 415 g/mol. The molecule has 1 amide bonds. The van der Waals surface area contributed by atoms with Crippen LogP contribution in [0.5, 0.6) is 0 Å². The second-order valence-corrected chi connectivity index (χ2v) is 7.65. The number of thioether (sulfide) groups is 1. The zero-order chi connectivity index (χ0) is 21.3. The normalized spacial score (nSPS) is 12.1. The van der Waals surface area contributed by atoms with Crippen molar-refractivity contribution in [2.75, 3.05) is 5.32 Å². The number of hydrogen-bond acceptors (Lipinski definition) is 5. The lowest BCUT2D eigenvalue weighted by Crippen LogP contribution is -2.23. The van der Waals surface area contributed by atoms with E-state index in [0.29, 0.717) is 27.8 Å². The lowest BCUT2D eigenvalue weighted by atomic mass is 10.3. The average molecular weight is 429 g/mol. The third kappa shape index (κ3) is 3.99. The molecule has 0 aliphatic rings. The van der Waals surface area contributed by atoms with Crippen LogP contribution >= 0.6 is 11.8 Å². The molecule has 0 spiro atoms. The first-order chi connectivity index (χ1) is 14.4. The van der Waals surface area contributed by atoms with Gasteiger partial charge in [0.2, 0.25) is 5.91 Å². The van der Waals surface area contributed by atoms with Gasteiger partial charge in [0.05, 0.1) is 28.2 Å². The van der Waals surface area contributed by atoms with Crippen molar-refractivity contribution in [2.24, 2.45) is 0 Å². The van der Waals surface area contributed by atoms with E-state index in [0.717, 1.165) is 23.9 Å². The number of anilines is 1. The van der Waals surface area contributed by atoms with Crippen LogP contribution in [0.4, 0.5) is 18.9 Å². The number of benzene rings is 2. The number of amides is 1. The Morgan fingerprint density at radius 3 is 2.53 bits per heavy atom. The van der Waals surface area contributed by atoms with Crippen molar-refractivity contribution in [3.63, 3.8) is 0 Å². The predicted octanol–water partition coefficient (Wildman–Crippen LogP) is 4.35. The molecule has 1 unspecified atom stereocenters. The molecule has 0 aliphatic heterocycles. The van der Waals surface area contributed by atoms with E-state index in [-0.39, 0.29) is 11.5 Å². The first kappa shape index (κ1) is 19.9. The minimum atomic E-state index is -0.856. The van der Waals surface area contributed by atoms with Crippen LogP contribution in [0.3, 0.4) is 0 Å². The number of rotatable bonds is 5. The third-order valence-electron chi connectivity index (χ3n) is 4.25. The van der Waals surface area contributed by atoms with Crippen molar-refractivity contribution in [1.29, 1.82) is 0 Å². The summed E-state index contributed by atoms with van der Waals surface area (Å²) in [6.45, 7) is 1.64. The van der Waals surface area contributed by atoms with Gasteiger partial charge in [0, 0.05) is 6.07 Å². The SMILES string of the molecule is CC(Sc1ncnc2c1cnn2-c1ccc(F)cc1)C(=O)Nc1ccc(F)cc1F. The predicted molar refractivity (Wildman–Crippen MR) is 107 cm³/mol. The molecule has 0 saturated carbocycles. The molecule has 2 aromatic heterocycles. The molecule has 4 aromatic rings. The summed E-state index contributed by atoms with van der Waals surface area (Å²) < 4.78 is 41.5. The van der Waals surface area contributed by atoms with Crippen LogP contribution in [0.1, 0.15) is 6.92 Å². The van der Waals surface area contributed by atoms with Crippen LogP contribution in [-0.4, -0.2) is 30.9 Å². The van der Waals surface area contributed by atoms with Gasteiger partial charge < -0.3 is 5.32 Å². The molecule has 1 atom stereocenters. The van der Waals surface area contributed by atoms with E-state index in [9.17, 15) is 18.0 Å². The van der Waals surface area contributed by atoms with Gasteiger partial charge in [0.25, 0.3) is 0 Å². The standard InChI is InChI=1S/C20H14F3N5OS/c1-11(19(29)27-17-7-4-13(22)8-16(17)23)30-20-15-9-26-28(18(15)24-10-25-20)14-5-2-12(21)3-6-14/h2-11H,1H3,(H,27,29). The van der Waals surface area contributed by atoms with Crippen molar-refractivity contribution in [1.82, 2.24) is 19.7 Å². The zero-order valence-electron chi connectivity index (χ0n) is 15.5. The summed E-state index contributed by atoms with van der Waals surface area (Å²) in [7, 11) is 0. The molecule has 0 radical (unpaired) electrons. The number of hydrogen-bond donors (Lipinski definition) is 1. The number of halogens is 3. The van der Waals surface area contributed by atoms with Gasteiger partial charge >= 0.3 is 0 Å². The molecule has 0 fully saturated rings. The molecule has 0 aliphatic carbocycles. The Morgan fingerprint density at radius 2 is 1.80 bits per heavy atom. The molecule has 152 valence electrons. The summed E-state index contributed by atoms with van der Waals surface area (Å²) >= 11 is 1.15. The summed E-state index contributed by atoms with van der Waals surface area (Å²) in [5.41, 5.74) is 1.01. The quantitative estimate of drug-likeness (QED) is 0.377. The minimum absolute atomic E-state index is 0.106. The van der Waals surface area contributed by atoms with Crippen LogP contribution in [0, 0.1) is 17.5 Å². The fourth-order valence-corrected chi connectivity index (χ4v) is 3.61. The number of nitrogens with zero attached hydrogens (tertiary/aromatic N) is 4. The van der Waals surface area contributed by atoms with E-state index in [1.54, 1.807) is 29.9 Å². The maximum atomic E-state index is 13.8. The monoisotopic (exact) mass is 429 g/mol. The Hall–Kier alpha value is -3.40. The van der Waals surface area contributed by atoms with E-state index in [4.69, 9.17) is 0 Å². The van der Waals surface area contributed by atoms with Crippen LogP contribution < -0.4 is 5.32 Å². The van der Waals surface area contributed by atoms with E-state index >= 15 is 0 Å². The second-order valence-electron chi connectivity index (χ2n) is 6.32. The molecular formula is C20H14F3N5OS. The topological polar surface area (TPSA) is 72.7 Å². The van der Waals surface area contributed by atoms with E-state index in [1.165, 1.54) is 18.5 Å². The van der Waals surface area contributed by atoms with Crippen molar-refractivity contribution in [3.8, 4) is 5.69 Å². The molecule has 30 heavy (non-hydrogen) atoms. The largest absolute Gasteiger partial charge is 0.323 e. The number of carbonyl (C=O) groups excluding carboxylic acids is 1. The zero-order valence-corrected chi connectivity index (χ0v) is 16.3. The number of aromatic nitrogens is 4. The molecule has 6 nitrogen and oxygen atoms in total. The summed E-state index contributed by atoms with van der Waals surface area (Å²) in [5.74, 6) is -2.42. The Bertz CT molecular complexity index is 1230. The van der Waals surface area contributed by atoms with Crippen molar-refractivity contribution >= 4 is 34.4 Å². The average Bonchev–Trinajstić information content (AvgIpc) is 3.16. The van der Waals surface area contributed by atoms with Crippen LogP contribution in [0.15, 0.2) is 60.0 Å². The van der Waals surface area contributed by atoms with Crippen molar-refractivity contribution in [2.45, 2.75) is 17.2 Å². The van der Waals surface area contributed by atoms with Gasteiger partial charge in [-0.05, 0) is 43.3 Å². The van der Waals surface area contributed by atoms with Gasteiger partial charge in [-0.3, -0.25) is 4.79 Å². The maximum absolute atomic E-state index is 13.8. The first-order valence-corrected chi connectivity index (χ1v) is 9.67. The summed E-state index contributed by atoms with van der Waals surface area (Å²) in [4.78, 5) is 20.9. The molecule has 2 heterocycles. The Kier molecular flexibility index (Phi) is 5.40. The lowest BCUT2D eigenvalue weighted by Gasteiger charge is -2.12. The minimum Gasteiger partial charge on any atom is -0.323 e. The molecule has 10 heteroatoms. The highest BCUT2D eigenvalue weighted by Crippen LogP contribution is 2.29. The van der Waals surface area contributed by atoms with E-state index in [1.807, 2.05) is 0 Å². The van der Waals surface area contributed by atoms with Gasteiger partial charge in [-0.15, -0.1) is 0 Å². The van der Waals surface area contributed by atoms with Crippen molar-refractivity contribution in [3.05, 3.63) is 72.4 Å². The summed E-state index contributed by atoms with van der Waals surface area (Å²) in [6.07, 6.45) is 2.90. The highest BCUT2D eigenvalue weighted by Gasteiger charge is 2.20. The van der Waals surface area contributed by atoms with Gasteiger partial charge in [-0.1, -0.05) is 11.8 Å². The molecule has 1 N–H and O–H groups in total.